The Hall–Kier alpha value is -1.94. The molecule has 1 amide bonds. The van der Waals surface area contributed by atoms with Crippen molar-refractivity contribution in [2.45, 2.75) is 49.0 Å². The number of hydrogen-bond donors (Lipinski definition) is 3. The first-order chi connectivity index (χ1) is 13.8. The number of thiophene rings is 1. The molecule has 0 unspecified atom stereocenters. The lowest BCUT2D eigenvalue weighted by Crippen LogP contribution is -2.38. The van der Waals surface area contributed by atoms with Gasteiger partial charge >= 0.3 is 6.09 Å². The molecule has 3 N–H and O–H groups in total. The number of nitrogens with one attached hydrogen (secondary N) is 2. The first kappa shape index (κ1) is 21.8. The highest BCUT2D eigenvalue weighted by Gasteiger charge is 2.38. The number of ether oxygens (including phenoxy) is 1. The number of methoxy groups -OCH3 is 1. The Bertz CT molecular complexity index is 946. The number of sulfonamides is 1. The summed E-state index contributed by atoms with van der Waals surface area (Å²) in [6, 6.07) is 9.87. The predicted molar refractivity (Wildman–Crippen MR) is 113 cm³/mol. The molecule has 0 spiro atoms. The summed E-state index contributed by atoms with van der Waals surface area (Å²) < 4.78 is 32.9. The smallest absolute Gasteiger partial charge is 0.411 e. The molecule has 1 aliphatic rings. The van der Waals surface area contributed by atoms with Crippen LogP contribution in [0.25, 0.3) is 0 Å². The first-order valence-corrected chi connectivity index (χ1v) is 11.8. The number of anilines is 1. The third-order valence-corrected chi connectivity index (χ3v) is 8.24. The second-order valence-corrected chi connectivity index (χ2v) is 10.2. The van der Waals surface area contributed by atoms with Gasteiger partial charge in [0.15, 0.2) is 0 Å². The van der Waals surface area contributed by atoms with E-state index >= 15 is 0 Å². The summed E-state index contributed by atoms with van der Waals surface area (Å²) in [5, 5.41) is 12.3. The van der Waals surface area contributed by atoms with Crippen LogP contribution in [-0.2, 0) is 20.2 Å². The van der Waals surface area contributed by atoms with Crippen molar-refractivity contribution >= 4 is 33.1 Å². The number of hydrogen-bond acceptors (Lipinski definition) is 6. The second kappa shape index (κ2) is 8.83. The highest BCUT2D eigenvalue weighted by molar-refractivity contribution is 7.89. The molecule has 1 aromatic heterocycles. The number of carbonyl (C=O) groups excluding carboxylic acids is 1. The van der Waals surface area contributed by atoms with Gasteiger partial charge in [0.05, 0.1) is 18.1 Å². The van der Waals surface area contributed by atoms with Gasteiger partial charge in [-0.3, -0.25) is 5.32 Å². The van der Waals surface area contributed by atoms with Gasteiger partial charge in [0.1, 0.15) is 0 Å². The maximum atomic E-state index is 12.8. The van der Waals surface area contributed by atoms with E-state index < -0.39 is 22.2 Å². The van der Waals surface area contributed by atoms with E-state index in [0.29, 0.717) is 12.2 Å². The van der Waals surface area contributed by atoms with Crippen LogP contribution in [0.4, 0.5) is 10.5 Å². The minimum Gasteiger partial charge on any atom is -0.453 e. The summed E-state index contributed by atoms with van der Waals surface area (Å²) in [4.78, 5) is 13.4. The molecule has 158 valence electrons. The average molecular weight is 439 g/mol. The van der Waals surface area contributed by atoms with Crippen molar-refractivity contribution in [3.8, 4) is 0 Å². The Morgan fingerprint density at radius 2 is 1.86 bits per heavy atom. The molecule has 7 nitrogen and oxygen atoms in total. The van der Waals surface area contributed by atoms with Gasteiger partial charge < -0.3 is 9.84 Å². The van der Waals surface area contributed by atoms with Crippen molar-refractivity contribution in [2.24, 2.45) is 0 Å². The minimum atomic E-state index is -3.69. The van der Waals surface area contributed by atoms with Gasteiger partial charge in [-0.05, 0) is 56.2 Å². The molecular weight excluding hydrogens is 412 g/mol. The zero-order valence-electron chi connectivity index (χ0n) is 16.5. The zero-order valence-corrected chi connectivity index (χ0v) is 18.1. The van der Waals surface area contributed by atoms with E-state index in [1.807, 2.05) is 12.1 Å². The van der Waals surface area contributed by atoms with Crippen LogP contribution in [0.5, 0.6) is 0 Å². The normalized spacial score (nSPS) is 17.1. The van der Waals surface area contributed by atoms with Crippen LogP contribution in [-0.4, -0.2) is 33.3 Å². The van der Waals surface area contributed by atoms with Crippen LogP contribution in [0.15, 0.2) is 41.3 Å². The molecule has 1 atom stereocenters. The van der Waals surface area contributed by atoms with Gasteiger partial charge in [0.25, 0.3) is 0 Å². The van der Waals surface area contributed by atoms with E-state index in [1.54, 1.807) is 18.3 Å². The molecule has 0 bridgehead atoms. The van der Waals surface area contributed by atoms with Gasteiger partial charge in [-0.25, -0.2) is 17.9 Å². The quantitative estimate of drug-likeness (QED) is 0.610. The molecule has 1 fully saturated rings. The van der Waals surface area contributed by atoms with Crippen LogP contribution in [0.2, 0.25) is 0 Å². The molecule has 2 aromatic rings. The van der Waals surface area contributed by atoms with Crippen LogP contribution in [0, 0.1) is 0 Å². The van der Waals surface area contributed by atoms with Crippen molar-refractivity contribution in [1.29, 1.82) is 0 Å². The molecule has 0 radical (unpaired) electrons. The zero-order chi connectivity index (χ0) is 21.1. The fraction of sp³-hybridized carbons (Fsp3) is 0.450. The number of benzene rings is 1. The lowest BCUT2D eigenvalue weighted by Gasteiger charge is -2.28. The Kier molecular flexibility index (Phi) is 6.62. The first-order valence-electron chi connectivity index (χ1n) is 9.49. The number of amides is 1. The SMILES string of the molecule is COC(=O)Nc1ccc(S(=O)(=O)NCC2(c3ccc([C@H](C)O)s3)CCCC2)cc1. The van der Waals surface area contributed by atoms with Crippen molar-refractivity contribution in [1.82, 2.24) is 4.72 Å². The molecule has 1 saturated carbocycles. The summed E-state index contributed by atoms with van der Waals surface area (Å²) in [6.45, 7) is 2.05. The molecule has 1 aliphatic carbocycles. The Balaban J connectivity index is 1.74. The third-order valence-electron chi connectivity index (χ3n) is 5.32. The topological polar surface area (TPSA) is 105 Å². The van der Waals surface area contributed by atoms with E-state index in [1.165, 1.54) is 31.4 Å². The van der Waals surface area contributed by atoms with Crippen LogP contribution >= 0.6 is 11.3 Å². The lowest BCUT2D eigenvalue weighted by atomic mass is 9.85. The van der Waals surface area contributed by atoms with Crippen molar-refractivity contribution in [3.05, 3.63) is 46.2 Å². The molecule has 9 heteroatoms. The highest BCUT2D eigenvalue weighted by Crippen LogP contribution is 2.44. The van der Waals surface area contributed by atoms with E-state index in [-0.39, 0.29) is 10.3 Å². The molecule has 1 aromatic carbocycles. The standard InChI is InChI=1S/C20H26N2O5S2/c1-14(23)17-9-10-18(28-17)20(11-3-4-12-20)13-21-29(25,26)16-7-5-15(6-8-16)22-19(24)27-2/h5-10,14,21,23H,3-4,11-13H2,1-2H3,(H,22,24)/t14-/m0/s1. The van der Waals surface area contributed by atoms with Crippen LogP contribution in [0.3, 0.4) is 0 Å². The minimum absolute atomic E-state index is 0.136. The molecule has 0 saturated heterocycles. The van der Waals surface area contributed by atoms with Crippen molar-refractivity contribution < 1.29 is 23.1 Å². The molecule has 1 heterocycles. The van der Waals surface area contributed by atoms with Gasteiger partial charge in [0, 0.05) is 27.4 Å². The molecule has 3 rings (SSSR count). The maximum Gasteiger partial charge on any atom is 0.411 e. The fourth-order valence-electron chi connectivity index (χ4n) is 3.63. The average Bonchev–Trinajstić information content (AvgIpc) is 3.37. The second-order valence-electron chi connectivity index (χ2n) is 7.33. The Labute approximate surface area is 175 Å². The number of rotatable bonds is 7. The van der Waals surface area contributed by atoms with Crippen LogP contribution < -0.4 is 10.0 Å². The summed E-state index contributed by atoms with van der Waals surface area (Å²) >= 11 is 1.56. The molecule has 29 heavy (non-hydrogen) atoms. The number of aliphatic hydroxyl groups excluding tert-OH is 1. The summed E-state index contributed by atoms with van der Waals surface area (Å²) in [6.07, 6.45) is 2.79. The third kappa shape index (κ3) is 4.98. The van der Waals surface area contributed by atoms with Crippen molar-refractivity contribution in [3.63, 3.8) is 0 Å². The number of aliphatic hydroxyl groups is 1. The summed E-state index contributed by atoms with van der Waals surface area (Å²) in [5.41, 5.74) is 0.212. The maximum absolute atomic E-state index is 12.8. The van der Waals surface area contributed by atoms with Gasteiger partial charge in [0.2, 0.25) is 10.0 Å². The van der Waals surface area contributed by atoms with E-state index in [9.17, 15) is 18.3 Å². The van der Waals surface area contributed by atoms with Crippen LogP contribution in [0.1, 0.15) is 48.5 Å². The van der Waals surface area contributed by atoms with Gasteiger partial charge in [-0.2, -0.15) is 0 Å². The monoisotopic (exact) mass is 438 g/mol. The number of carbonyl (C=O) groups is 1. The summed E-state index contributed by atoms with van der Waals surface area (Å²) in [5.74, 6) is 0. The largest absolute Gasteiger partial charge is 0.453 e. The molecular formula is C20H26N2O5S2. The van der Waals surface area contributed by atoms with Gasteiger partial charge in [-0.1, -0.05) is 12.8 Å². The summed E-state index contributed by atoms with van der Waals surface area (Å²) in [7, 11) is -2.43. The highest BCUT2D eigenvalue weighted by atomic mass is 32.2. The Morgan fingerprint density at radius 1 is 1.21 bits per heavy atom. The fourth-order valence-corrected chi connectivity index (χ4v) is 5.94. The predicted octanol–water partition coefficient (Wildman–Crippen LogP) is 3.77. The van der Waals surface area contributed by atoms with E-state index in [4.69, 9.17) is 0 Å². The Morgan fingerprint density at radius 3 is 2.41 bits per heavy atom. The lowest BCUT2D eigenvalue weighted by molar-refractivity contribution is 0.187. The molecule has 0 aliphatic heterocycles. The van der Waals surface area contributed by atoms with E-state index in [0.717, 1.165) is 35.4 Å². The van der Waals surface area contributed by atoms with Gasteiger partial charge in [-0.15, -0.1) is 11.3 Å². The van der Waals surface area contributed by atoms with E-state index in [2.05, 4.69) is 14.8 Å². The van der Waals surface area contributed by atoms with Crippen molar-refractivity contribution in [2.75, 3.05) is 19.0 Å².